The van der Waals surface area contributed by atoms with Gasteiger partial charge in [0.05, 0.1) is 17.5 Å². The molecule has 1 aromatic carbocycles. The molecule has 4 rings (SSSR count). The van der Waals surface area contributed by atoms with Crippen LogP contribution in [0.1, 0.15) is 36.6 Å². The first-order valence-electron chi connectivity index (χ1n) is 8.82. The number of rotatable bonds is 3. The summed E-state index contributed by atoms with van der Waals surface area (Å²) in [5, 5.41) is 9.12. The van der Waals surface area contributed by atoms with Crippen molar-refractivity contribution >= 4 is 5.65 Å². The standard InChI is InChI=1S/C21H22N4/c1-21(18-5-3-2-4-6-18)9-11-24(12-10-21)16-19-14-23-20-8-7-17(13-22)15-25(19)20/h2-8,14-15H,9-12,16H2,1H3. The number of pyridine rings is 1. The number of nitriles is 1. The fraction of sp³-hybridized carbons (Fsp3) is 0.333. The Morgan fingerprint density at radius 1 is 1.12 bits per heavy atom. The van der Waals surface area contributed by atoms with Gasteiger partial charge in [-0.1, -0.05) is 37.3 Å². The molecule has 0 unspecified atom stereocenters. The summed E-state index contributed by atoms with van der Waals surface area (Å²) in [5.74, 6) is 0. The van der Waals surface area contributed by atoms with Gasteiger partial charge in [0.1, 0.15) is 11.7 Å². The van der Waals surface area contributed by atoms with Crippen molar-refractivity contribution in [2.75, 3.05) is 13.1 Å². The van der Waals surface area contributed by atoms with Crippen LogP contribution in [0, 0.1) is 11.3 Å². The van der Waals surface area contributed by atoms with Crippen LogP contribution in [0.25, 0.3) is 5.65 Å². The molecule has 0 amide bonds. The maximum Gasteiger partial charge on any atom is 0.137 e. The van der Waals surface area contributed by atoms with Crippen LogP contribution < -0.4 is 0 Å². The highest BCUT2D eigenvalue weighted by atomic mass is 15.2. The van der Waals surface area contributed by atoms with Gasteiger partial charge in [-0.05, 0) is 49.0 Å². The normalized spacial score (nSPS) is 17.4. The number of likely N-dealkylation sites (tertiary alicyclic amines) is 1. The molecule has 0 spiro atoms. The topological polar surface area (TPSA) is 44.3 Å². The number of hydrogen-bond donors (Lipinski definition) is 0. The van der Waals surface area contributed by atoms with Crippen molar-refractivity contribution in [3.8, 4) is 6.07 Å². The van der Waals surface area contributed by atoms with Crippen LogP contribution in [0.15, 0.2) is 54.9 Å². The smallest absolute Gasteiger partial charge is 0.137 e. The van der Waals surface area contributed by atoms with Crippen molar-refractivity contribution in [1.82, 2.24) is 14.3 Å². The zero-order chi connectivity index (χ0) is 17.3. The second-order valence-corrected chi connectivity index (χ2v) is 7.21. The highest BCUT2D eigenvalue weighted by molar-refractivity contribution is 5.44. The highest BCUT2D eigenvalue weighted by Crippen LogP contribution is 2.35. The molecule has 1 fully saturated rings. The van der Waals surface area contributed by atoms with Crippen LogP contribution >= 0.6 is 0 Å². The van der Waals surface area contributed by atoms with E-state index in [1.165, 1.54) is 5.56 Å². The first-order chi connectivity index (χ1) is 12.2. The Hall–Kier alpha value is -2.64. The van der Waals surface area contributed by atoms with E-state index < -0.39 is 0 Å². The van der Waals surface area contributed by atoms with Gasteiger partial charge in [0, 0.05) is 12.7 Å². The summed E-state index contributed by atoms with van der Waals surface area (Å²) in [4.78, 5) is 6.96. The van der Waals surface area contributed by atoms with Gasteiger partial charge in [-0.3, -0.25) is 4.90 Å². The van der Waals surface area contributed by atoms with Gasteiger partial charge < -0.3 is 4.40 Å². The second kappa shape index (κ2) is 6.34. The predicted octanol–water partition coefficient (Wildman–Crippen LogP) is 3.76. The largest absolute Gasteiger partial charge is 0.301 e. The lowest BCUT2D eigenvalue weighted by atomic mass is 9.74. The minimum Gasteiger partial charge on any atom is -0.301 e. The van der Waals surface area contributed by atoms with Crippen LogP contribution in [0.3, 0.4) is 0 Å². The monoisotopic (exact) mass is 330 g/mol. The molecular formula is C21H22N4. The molecule has 25 heavy (non-hydrogen) atoms. The summed E-state index contributed by atoms with van der Waals surface area (Å²) in [7, 11) is 0. The van der Waals surface area contributed by atoms with E-state index in [1.807, 2.05) is 28.9 Å². The van der Waals surface area contributed by atoms with Crippen LogP contribution in [0.4, 0.5) is 0 Å². The van der Waals surface area contributed by atoms with Gasteiger partial charge in [-0.15, -0.1) is 0 Å². The van der Waals surface area contributed by atoms with E-state index in [-0.39, 0.29) is 5.41 Å². The Balaban J connectivity index is 1.48. The van der Waals surface area contributed by atoms with Crippen LogP contribution in [-0.2, 0) is 12.0 Å². The molecule has 2 aromatic heterocycles. The third-order valence-corrected chi connectivity index (χ3v) is 5.53. The lowest BCUT2D eigenvalue weighted by molar-refractivity contribution is 0.160. The average molecular weight is 330 g/mol. The molecule has 0 radical (unpaired) electrons. The third kappa shape index (κ3) is 3.04. The van der Waals surface area contributed by atoms with Gasteiger partial charge in [0.25, 0.3) is 0 Å². The Morgan fingerprint density at radius 2 is 1.88 bits per heavy atom. The SMILES string of the molecule is CC1(c2ccccc2)CCN(Cc2cnc3ccc(C#N)cn23)CC1. The van der Waals surface area contributed by atoms with Gasteiger partial charge >= 0.3 is 0 Å². The third-order valence-electron chi connectivity index (χ3n) is 5.53. The maximum atomic E-state index is 9.12. The van der Waals surface area contributed by atoms with E-state index in [0.717, 1.165) is 43.8 Å². The lowest BCUT2D eigenvalue weighted by Crippen LogP contribution is -2.40. The molecule has 0 aliphatic carbocycles. The lowest BCUT2D eigenvalue weighted by Gasteiger charge is -2.39. The fourth-order valence-corrected chi connectivity index (χ4v) is 3.78. The van der Waals surface area contributed by atoms with E-state index in [4.69, 9.17) is 5.26 Å². The number of aromatic nitrogens is 2. The number of imidazole rings is 1. The van der Waals surface area contributed by atoms with E-state index in [0.29, 0.717) is 5.56 Å². The molecule has 126 valence electrons. The minimum atomic E-state index is 0.269. The molecule has 1 aliphatic heterocycles. The van der Waals surface area contributed by atoms with E-state index in [2.05, 4.69) is 53.2 Å². The predicted molar refractivity (Wildman–Crippen MR) is 98.2 cm³/mol. The number of fused-ring (bicyclic) bond motifs is 1. The molecule has 3 aromatic rings. The van der Waals surface area contributed by atoms with E-state index in [1.54, 1.807) is 0 Å². The Kier molecular flexibility index (Phi) is 4.03. The van der Waals surface area contributed by atoms with Gasteiger partial charge in [-0.25, -0.2) is 4.98 Å². The van der Waals surface area contributed by atoms with Crippen molar-refractivity contribution in [1.29, 1.82) is 5.26 Å². The Labute approximate surface area is 148 Å². The summed E-state index contributed by atoms with van der Waals surface area (Å²) in [5.41, 5.74) is 4.44. The van der Waals surface area contributed by atoms with Gasteiger partial charge in [0.2, 0.25) is 0 Å². The van der Waals surface area contributed by atoms with Crippen molar-refractivity contribution in [3.05, 3.63) is 71.7 Å². The van der Waals surface area contributed by atoms with E-state index >= 15 is 0 Å². The summed E-state index contributed by atoms with van der Waals surface area (Å²) < 4.78 is 2.05. The first kappa shape index (κ1) is 15.9. The molecule has 0 atom stereocenters. The molecule has 0 N–H and O–H groups in total. The van der Waals surface area contributed by atoms with Crippen LogP contribution in [0.2, 0.25) is 0 Å². The summed E-state index contributed by atoms with van der Waals surface area (Å²) in [6.45, 7) is 5.42. The Bertz CT molecular complexity index is 912. The summed E-state index contributed by atoms with van der Waals surface area (Å²) in [6, 6.07) is 16.8. The van der Waals surface area contributed by atoms with Gasteiger partial charge in [0.15, 0.2) is 0 Å². The number of piperidine rings is 1. The van der Waals surface area contributed by atoms with Gasteiger partial charge in [-0.2, -0.15) is 5.26 Å². The maximum absolute atomic E-state index is 9.12. The molecule has 1 aliphatic rings. The molecule has 0 saturated carbocycles. The number of benzene rings is 1. The quantitative estimate of drug-likeness (QED) is 0.734. The second-order valence-electron chi connectivity index (χ2n) is 7.21. The van der Waals surface area contributed by atoms with Crippen molar-refractivity contribution in [2.45, 2.75) is 31.7 Å². The molecule has 1 saturated heterocycles. The van der Waals surface area contributed by atoms with E-state index in [9.17, 15) is 0 Å². The van der Waals surface area contributed by atoms with Crippen molar-refractivity contribution < 1.29 is 0 Å². The minimum absolute atomic E-state index is 0.269. The molecule has 4 nitrogen and oxygen atoms in total. The molecule has 0 bridgehead atoms. The van der Waals surface area contributed by atoms with Crippen molar-refractivity contribution in [2.24, 2.45) is 0 Å². The Morgan fingerprint density at radius 3 is 2.60 bits per heavy atom. The van der Waals surface area contributed by atoms with Crippen molar-refractivity contribution in [3.63, 3.8) is 0 Å². The van der Waals surface area contributed by atoms with Crippen LogP contribution in [0.5, 0.6) is 0 Å². The zero-order valence-corrected chi connectivity index (χ0v) is 14.5. The summed E-state index contributed by atoms with van der Waals surface area (Å²) in [6.07, 6.45) is 6.14. The molecule has 4 heteroatoms. The molecule has 3 heterocycles. The highest BCUT2D eigenvalue weighted by Gasteiger charge is 2.31. The van der Waals surface area contributed by atoms with Crippen LogP contribution in [-0.4, -0.2) is 27.4 Å². The number of nitrogens with zero attached hydrogens (tertiary/aromatic N) is 4. The average Bonchev–Trinajstić information content (AvgIpc) is 3.06. The zero-order valence-electron chi connectivity index (χ0n) is 14.5. The fourth-order valence-electron chi connectivity index (χ4n) is 3.78. The molecular weight excluding hydrogens is 308 g/mol. The summed E-state index contributed by atoms with van der Waals surface area (Å²) >= 11 is 0. The first-order valence-corrected chi connectivity index (χ1v) is 8.82. The number of hydrogen-bond acceptors (Lipinski definition) is 3.